The largest absolute Gasteiger partial charge is 0.385 e. The molecule has 110 valence electrons. The van der Waals surface area contributed by atoms with Crippen molar-refractivity contribution in [3.63, 3.8) is 0 Å². The van der Waals surface area contributed by atoms with Gasteiger partial charge in [-0.05, 0) is 31.2 Å². The average molecular weight is 261 g/mol. The molecule has 0 aliphatic rings. The molecular formula is C14H31NO3. The molecule has 0 radical (unpaired) electrons. The van der Waals surface area contributed by atoms with Crippen LogP contribution in [0.25, 0.3) is 0 Å². The molecule has 0 unspecified atom stereocenters. The van der Waals surface area contributed by atoms with E-state index in [1.54, 1.807) is 7.11 Å². The summed E-state index contributed by atoms with van der Waals surface area (Å²) in [5.74, 6) is 0. The Kier molecular flexibility index (Phi) is 11.8. The summed E-state index contributed by atoms with van der Waals surface area (Å²) in [6.45, 7) is 8.87. The van der Waals surface area contributed by atoms with E-state index >= 15 is 0 Å². The van der Waals surface area contributed by atoms with E-state index in [1.165, 1.54) is 12.8 Å². The van der Waals surface area contributed by atoms with Crippen LogP contribution in [0, 0.1) is 5.41 Å². The van der Waals surface area contributed by atoms with Gasteiger partial charge in [0.25, 0.3) is 0 Å². The third-order valence-electron chi connectivity index (χ3n) is 2.95. The summed E-state index contributed by atoms with van der Waals surface area (Å²) >= 11 is 0. The number of rotatable bonds is 13. The zero-order valence-electron chi connectivity index (χ0n) is 12.4. The van der Waals surface area contributed by atoms with Crippen LogP contribution in [-0.2, 0) is 14.2 Å². The van der Waals surface area contributed by atoms with Crippen LogP contribution in [0.3, 0.4) is 0 Å². The predicted octanol–water partition coefficient (Wildman–Crippen LogP) is 2.21. The SMILES string of the molecule is COCCCOCCOCCCCC(C)(C)CN. The van der Waals surface area contributed by atoms with Gasteiger partial charge in [0.05, 0.1) is 13.2 Å². The first-order valence-corrected chi connectivity index (χ1v) is 6.97. The lowest BCUT2D eigenvalue weighted by Gasteiger charge is -2.21. The van der Waals surface area contributed by atoms with Gasteiger partial charge in [0.2, 0.25) is 0 Å². The van der Waals surface area contributed by atoms with E-state index in [1.807, 2.05) is 0 Å². The first-order chi connectivity index (χ1) is 8.62. The summed E-state index contributed by atoms with van der Waals surface area (Å²) in [6, 6.07) is 0. The normalized spacial score (nSPS) is 12.0. The molecule has 0 aromatic carbocycles. The number of hydrogen-bond donors (Lipinski definition) is 1. The molecule has 0 saturated carbocycles. The Morgan fingerprint density at radius 1 is 0.833 bits per heavy atom. The maximum absolute atomic E-state index is 5.68. The second-order valence-corrected chi connectivity index (χ2v) is 5.40. The van der Waals surface area contributed by atoms with E-state index in [9.17, 15) is 0 Å². The molecule has 0 aliphatic carbocycles. The molecule has 0 saturated heterocycles. The Bertz CT molecular complexity index is 174. The van der Waals surface area contributed by atoms with Gasteiger partial charge in [-0.1, -0.05) is 20.3 Å². The number of nitrogens with two attached hydrogens (primary N) is 1. The quantitative estimate of drug-likeness (QED) is 0.516. The monoisotopic (exact) mass is 261 g/mol. The minimum absolute atomic E-state index is 0.268. The van der Waals surface area contributed by atoms with Crippen LogP contribution in [0.4, 0.5) is 0 Å². The van der Waals surface area contributed by atoms with Gasteiger partial charge < -0.3 is 19.9 Å². The summed E-state index contributed by atoms with van der Waals surface area (Å²) < 4.78 is 15.8. The summed E-state index contributed by atoms with van der Waals surface area (Å²) in [5, 5.41) is 0. The van der Waals surface area contributed by atoms with Gasteiger partial charge in [-0.2, -0.15) is 0 Å². The molecule has 0 heterocycles. The summed E-state index contributed by atoms with van der Waals surface area (Å²) in [7, 11) is 1.70. The van der Waals surface area contributed by atoms with Gasteiger partial charge in [0.1, 0.15) is 0 Å². The van der Waals surface area contributed by atoms with Crippen molar-refractivity contribution in [1.82, 2.24) is 0 Å². The Hall–Kier alpha value is -0.160. The highest BCUT2D eigenvalue weighted by Gasteiger charge is 2.14. The molecule has 0 atom stereocenters. The molecule has 0 aliphatic heterocycles. The molecule has 0 fully saturated rings. The maximum Gasteiger partial charge on any atom is 0.0700 e. The number of unbranched alkanes of at least 4 members (excludes halogenated alkanes) is 1. The lowest BCUT2D eigenvalue weighted by Crippen LogP contribution is -2.23. The van der Waals surface area contributed by atoms with Crippen molar-refractivity contribution in [3.05, 3.63) is 0 Å². The molecule has 4 heteroatoms. The van der Waals surface area contributed by atoms with Crippen LogP contribution < -0.4 is 5.73 Å². The first-order valence-electron chi connectivity index (χ1n) is 6.97. The first kappa shape index (κ1) is 17.8. The predicted molar refractivity (Wildman–Crippen MR) is 74.8 cm³/mol. The fraction of sp³-hybridized carbons (Fsp3) is 1.00. The number of ether oxygens (including phenoxy) is 3. The van der Waals surface area contributed by atoms with E-state index in [-0.39, 0.29) is 5.41 Å². The summed E-state index contributed by atoms with van der Waals surface area (Å²) in [4.78, 5) is 0. The lowest BCUT2D eigenvalue weighted by molar-refractivity contribution is 0.0382. The van der Waals surface area contributed by atoms with E-state index in [0.29, 0.717) is 13.2 Å². The Morgan fingerprint density at radius 3 is 2.00 bits per heavy atom. The number of methoxy groups -OCH3 is 1. The molecule has 0 aromatic heterocycles. The molecule has 0 amide bonds. The maximum atomic E-state index is 5.68. The molecule has 0 aromatic rings. The summed E-state index contributed by atoms with van der Waals surface area (Å²) in [5.41, 5.74) is 5.95. The summed E-state index contributed by atoms with van der Waals surface area (Å²) in [6.07, 6.45) is 4.40. The Labute approximate surface area is 112 Å². The van der Waals surface area contributed by atoms with Gasteiger partial charge >= 0.3 is 0 Å². The highest BCUT2D eigenvalue weighted by Crippen LogP contribution is 2.20. The second-order valence-electron chi connectivity index (χ2n) is 5.40. The van der Waals surface area contributed by atoms with Crippen molar-refractivity contribution in [2.75, 3.05) is 46.7 Å². The highest BCUT2D eigenvalue weighted by molar-refractivity contribution is 4.68. The van der Waals surface area contributed by atoms with Crippen molar-refractivity contribution < 1.29 is 14.2 Å². The molecule has 0 spiro atoms. The average Bonchev–Trinajstić information content (AvgIpc) is 2.36. The van der Waals surface area contributed by atoms with Gasteiger partial charge in [-0.3, -0.25) is 0 Å². The zero-order chi connectivity index (χ0) is 13.7. The van der Waals surface area contributed by atoms with E-state index in [0.717, 1.165) is 39.2 Å². The molecule has 18 heavy (non-hydrogen) atoms. The Morgan fingerprint density at radius 2 is 1.44 bits per heavy atom. The molecule has 0 bridgehead atoms. The minimum atomic E-state index is 0.268. The van der Waals surface area contributed by atoms with E-state index in [2.05, 4.69) is 13.8 Å². The topological polar surface area (TPSA) is 53.7 Å². The number of hydrogen-bond acceptors (Lipinski definition) is 4. The van der Waals surface area contributed by atoms with Gasteiger partial charge in [-0.15, -0.1) is 0 Å². The van der Waals surface area contributed by atoms with Crippen molar-refractivity contribution in [1.29, 1.82) is 0 Å². The van der Waals surface area contributed by atoms with Crippen molar-refractivity contribution >= 4 is 0 Å². The zero-order valence-corrected chi connectivity index (χ0v) is 12.4. The van der Waals surface area contributed by atoms with Crippen LogP contribution in [0.1, 0.15) is 39.5 Å². The van der Waals surface area contributed by atoms with Gasteiger partial charge in [0.15, 0.2) is 0 Å². The molecule has 4 nitrogen and oxygen atoms in total. The van der Waals surface area contributed by atoms with Crippen molar-refractivity contribution in [2.24, 2.45) is 11.1 Å². The highest BCUT2D eigenvalue weighted by atomic mass is 16.5. The van der Waals surface area contributed by atoms with Crippen LogP contribution in [0.2, 0.25) is 0 Å². The Balaban J connectivity index is 3.08. The smallest absolute Gasteiger partial charge is 0.0700 e. The second kappa shape index (κ2) is 11.9. The standard InChI is InChI=1S/C14H31NO3/c1-14(2,13-15)7-4-5-9-17-11-12-18-10-6-8-16-3/h4-13,15H2,1-3H3. The van der Waals surface area contributed by atoms with Crippen molar-refractivity contribution in [2.45, 2.75) is 39.5 Å². The fourth-order valence-corrected chi connectivity index (χ4v) is 1.54. The molecular weight excluding hydrogens is 230 g/mol. The van der Waals surface area contributed by atoms with E-state index < -0.39 is 0 Å². The van der Waals surface area contributed by atoms with Crippen molar-refractivity contribution in [3.8, 4) is 0 Å². The van der Waals surface area contributed by atoms with Crippen LogP contribution in [0.5, 0.6) is 0 Å². The minimum Gasteiger partial charge on any atom is -0.385 e. The lowest BCUT2D eigenvalue weighted by atomic mass is 9.87. The fourth-order valence-electron chi connectivity index (χ4n) is 1.54. The molecule has 2 N–H and O–H groups in total. The van der Waals surface area contributed by atoms with Gasteiger partial charge in [0, 0.05) is 26.9 Å². The van der Waals surface area contributed by atoms with Crippen LogP contribution >= 0.6 is 0 Å². The van der Waals surface area contributed by atoms with Gasteiger partial charge in [-0.25, -0.2) is 0 Å². The third-order valence-corrected chi connectivity index (χ3v) is 2.95. The third kappa shape index (κ3) is 12.3. The molecule has 0 rings (SSSR count). The van der Waals surface area contributed by atoms with Crippen LogP contribution in [-0.4, -0.2) is 46.7 Å². The van der Waals surface area contributed by atoms with E-state index in [4.69, 9.17) is 19.9 Å². The van der Waals surface area contributed by atoms with Crippen LogP contribution in [0.15, 0.2) is 0 Å².